The lowest BCUT2D eigenvalue weighted by Crippen LogP contribution is -2.36. The molecule has 1 heterocycles. The van der Waals surface area contributed by atoms with E-state index in [9.17, 15) is 9.59 Å². The van der Waals surface area contributed by atoms with Crippen LogP contribution < -0.4 is 16.2 Å². The van der Waals surface area contributed by atoms with E-state index in [1.807, 2.05) is 0 Å². The Kier molecular flexibility index (Phi) is 6.75. The molecule has 0 saturated carbocycles. The van der Waals surface area contributed by atoms with E-state index in [4.69, 9.17) is 11.6 Å². The van der Waals surface area contributed by atoms with Gasteiger partial charge in [0.25, 0.3) is 5.56 Å². The number of hydrogen-bond donors (Lipinski definition) is 3. The van der Waals surface area contributed by atoms with Gasteiger partial charge in [-0.05, 0) is 45.2 Å². The summed E-state index contributed by atoms with van der Waals surface area (Å²) in [5.74, 6) is 0.0764. The zero-order chi connectivity index (χ0) is 16.7. The van der Waals surface area contributed by atoms with Gasteiger partial charge in [0.1, 0.15) is 11.5 Å². The van der Waals surface area contributed by atoms with E-state index in [0.29, 0.717) is 16.6 Å². The number of hydrogen-bond acceptors (Lipinski definition) is 4. The Bertz CT molecular complexity index is 676. The van der Waals surface area contributed by atoms with Crippen LogP contribution in [0.5, 0.6) is 0 Å². The molecule has 7 heteroatoms. The molecule has 0 saturated heterocycles. The molecule has 0 aliphatic rings. The highest BCUT2D eigenvalue weighted by atomic mass is 35.5. The van der Waals surface area contributed by atoms with E-state index >= 15 is 0 Å². The number of carbonyl (C=O) groups excluding carboxylic acids is 1. The number of nitrogens with zero attached hydrogens (tertiary/aromatic N) is 1. The Morgan fingerprint density at radius 2 is 2.14 bits per heavy atom. The van der Waals surface area contributed by atoms with Crippen molar-refractivity contribution in [2.75, 3.05) is 12.4 Å². The molecule has 1 rings (SSSR count). The van der Waals surface area contributed by atoms with E-state index in [1.54, 1.807) is 39.1 Å². The van der Waals surface area contributed by atoms with Crippen molar-refractivity contribution in [2.24, 2.45) is 4.99 Å². The number of likely N-dealkylation sites (N-methyl/N-ethyl adjacent to an activating group) is 1. The minimum atomic E-state index is -0.396. The van der Waals surface area contributed by atoms with Gasteiger partial charge in [-0.3, -0.25) is 9.59 Å². The zero-order valence-corrected chi connectivity index (χ0v) is 13.5. The average molecular weight is 323 g/mol. The molecule has 0 radical (unpaired) electrons. The maximum Gasteiger partial charge on any atom is 0.275 e. The van der Waals surface area contributed by atoms with Gasteiger partial charge in [0.2, 0.25) is 5.91 Å². The summed E-state index contributed by atoms with van der Waals surface area (Å²) in [5, 5.41) is 5.79. The molecule has 118 valence electrons. The maximum atomic E-state index is 11.9. The summed E-state index contributed by atoms with van der Waals surface area (Å²) in [4.78, 5) is 30.4. The molecule has 0 spiro atoms. The maximum absolute atomic E-state index is 11.9. The highest BCUT2D eigenvalue weighted by Gasteiger charge is 2.10. The van der Waals surface area contributed by atoms with Crippen molar-refractivity contribution in [3.63, 3.8) is 0 Å². The molecule has 1 aromatic heterocycles. The first-order valence-corrected chi connectivity index (χ1v) is 7.00. The predicted molar refractivity (Wildman–Crippen MR) is 91.1 cm³/mol. The lowest BCUT2D eigenvalue weighted by atomic mass is 10.3. The molecule has 0 aromatic carbocycles. The molecule has 22 heavy (non-hydrogen) atoms. The van der Waals surface area contributed by atoms with Gasteiger partial charge in [0, 0.05) is 10.7 Å². The molecular weight excluding hydrogens is 304 g/mol. The summed E-state index contributed by atoms with van der Waals surface area (Å²) < 4.78 is 0. The van der Waals surface area contributed by atoms with E-state index in [-0.39, 0.29) is 17.6 Å². The van der Waals surface area contributed by atoms with Crippen LogP contribution in [-0.2, 0) is 4.79 Å². The van der Waals surface area contributed by atoms with E-state index < -0.39 is 5.56 Å². The van der Waals surface area contributed by atoms with Gasteiger partial charge in [-0.15, -0.1) is 0 Å². The highest BCUT2D eigenvalue weighted by molar-refractivity contribution is 6.31. The lowest BCUT2D eigenvalue weighted by molar-refractivity contribution is -0.117. The predicted octanol–water partition coefficient (Wildman–Crippen LogP) is 2.32. The summed E-state index contributed by atoms with van der Waals surface area (Å²) in [6, 6.07) is 2.75. The number of carbonyl (C=O) groups is 1. The number of allylic oxidation sites excluding steroid dienone is 3. The van der Waals surface area contributed by atoms with E-state index in [0.717, 1.165) is 0 Å². The summed E-state index contributed by atoms with van der Waals surface area (Å²) in [7, 11) is 1.68. The Balaban J connectivity index is 2.91. The first-order chi connectivity index (χ1) is 10.3. The van der Waals surface area contributed by atoms with Crippen LogP contribution in [-0.4, -0.2) is 29.7 Å². The largest absolute Gasteiger partial charge is 0.311 e. The van der Waals surface area contributed by atoms with Gasteiger partial charge in [-0.1, -0.05) is 18.2 Å². The van der Waals surface area contributed by atoms with Crippen molar-refractivity contribution >= 4 is 34.7 Å². The van der Waals surface area contributed by atoms with Gasteiger partial charge in [-0.25, -0.2) is 4.99 Å². The van der Waals surface area contributed by atoms with Gasteiger partial charge < -0.3 is 15.6 Å². The number of aromatic nitrogens is 1. The van der Waals surface area contributed by atoms with Crippen LogP contribution in [0.15, 0.2) is 45.7 Å². The summed E-state index contributed by atoms with van der Waals surface area (Å²) >= 11 is 5.61. The minimum Gasteiger partial charge on any atom is -0.311 e. The van der Waals surface area contributed by atoms with Gasteiger partial charge in [0.15, 0.2) is 0 Å². The normalized spacial score (nSPS) is 13.2. The van der Waals surface area contributed by atoms with Crippen LogP contribution >= 0.6 is 11.6 Å². The molecular formula is C15H19ClN4O2. The standard InChI is InChI=1S/C15H19ClN4O2/c1-9(16)5-6-10(2)18-12-7-8-13(20-15(12)22)19-14(21)11(3)17-4/h5-8,11,17H,1H2,2-4H3,(H2,19,20,21,22)/b6-5-,18-10?. The molecule has 0 aliphatic carbocycles. The topological polar surface area (TPSA) is 86.3 Å². The first kappa shape index (κ1) is 17.9. The number of anilines is 1. The Labute approximate surface area is 134 Å². The number of pyridine rings is 1. The summed E-state index contributed by atoms with van der Waals surface area (Å²) in [6.07, 6.45) is 3.24. The van der Waals surface area contributed by atoms with Crippen LogP contribution in [0.4, 0.5) is 11.5 Å². The molecule has 1 amide bonds. The quantitative estimate of drug-likeness (QED) is 0.555. The number of aliphatic imine (C=N–C) groups is 1. The van der Waals surface area contributed by atoms with E-state index in [1.165, 1.54) is 6.07 Å². The molecule has 1 atom stereocenters. The number of H-pyrrole nitrogens is 1. The third-order valence-electron chi connectivity index (χ3n) is 2.78. The molecule has 0 bridgehead atoms. The molecule has 0 aliphatic heterocycles. The fraction of sp³-hybridized carbons (Fsp3) is 0.267. The van der Waals surface area contributed by atoms with E-state index in [2.05, 4.69) is 27.2 Å². The molecule has 3 N–H and O–H groups in total. The van der Waals surface area contributed by atoms with Crippen LogP contribution in [0, 0.1) is 0 Å². The second kappa shape index (κ2) is 8.31. The number of rotatable bonds is 6. The molecule has 1 unspecified atom stereocenters. The number of halogens is 1. The van der Waals surface area contributed by atoms with Gasteiger partial charge in [0.05, 0.1) is 6.04 Å². The van der Waals surface area contributed by atoms with Gasteiger partial charge >= 0.3 is 0 Å². The Morgan fingerprint density at radius 1 is 1.45 bits per heavy atom. The van der Waals surface area contributed by atoms with Crippen LogP contribution in [0.25, 0.3) is 0 Å². The van der Waals surface area contributed by atoms with Gasteiger partial charge in [-0.2, -0.15) is 0 Å². The second-order valence-corrected chi connectivity index (χ2v) is 5.10. The Morgan fingerprint density at radius 3 is 2.68 bits per heavy atom. The average Bonchev–Trinajstić information content (AvgIpc) is 2.47. The summed E-state index contributed by atoms with van der Waals surface area (Å²) in [6.45, 7) is 6.97. The smallest absolute Gasteiger partial charge is 0.275 e. The fourth-order valence-corrected chi connectivity index (χ4v) is 1.50. The summed E-state index contributed by atoms with van der Waals surface area (Å²) in [5.41, 5.74) is 0.447. The molecule has 0 fully saturated rings. The lowest BCUT2D eigenvalue weighted by Gasteiger charge is -2.10. The van der Waals surface area contributed by atoms with Crippen LogP contribution in [0.2, 0.25) is 0 Å². The van der Waals surface area contributed by atoms with Crippen molar-refractivity contribution in [2.45, 2.75) is 19.9 Å². The van der Waals surface area contributed by atoms with Crippen molar-refractivity contribution in [3.05, 3.63) is 46.2 Å². The SMILES string of the molecule is C=C(Cl)/C=C\C(C)=Nc1ccc(NC(=O)C(C)NC)[nH]c1=O. The number of amides is 1. The monoisotopic (exact) mass is 322 g/mol. The minimum absolute atomic E-state index is 0.238. The number of nitrogens with one attached hydrogen (secondary N) is 3. The van der Waals surface area contributed by atoms with Crippen LogP contribution in [0.1, 0.15) is 13.8 Å². The van der Waals surface area contributed by atoms with Crippen molar-refractivity contribution < 1.29 is 4.79 Å². The highest BCUT2D eigenvalue weighted by Crippen LogP contribution is 2.09. The van der Waals surface area contributed by atoms with Crippen molar-refractivity contribution in [1.82, 2.24) is 10.3 Å². The van der Waals surface area contributed by atoms with Crippen molar-refractivity contribution in [3.8, 4) is 0 Å². The molecule has 1 aromatic rings. The first-order valence-electron chi connectivity index (χ1n) is 6.62. The zero-order valence-electron chi connectivity index (χ0n) is 12.7. The second-order valence-electron chi connectivity index (χ2n) is 4.62. The van der Waals surface area contributed by atoms with Crippen molar-refractivity contribution in [1.29, 1.82) is 0 Å². The third-order valence-corrected chi connectivity index (χ3v) is 2.90. The molecule has 6 nitrogen and oxygen atoms in total. The third kappa shape index (κ3) is 5.67. The number of aromatic amines is 1. The van der Waals surface area contributed by atoms with Crippen LogP contribution in [0.3, 0.4) is 0 Å². The fourth-order valence-electron chi connectivity index (χ4n) is 1.44. The Hall–Kier alpha value is -2.18.